The molecule has 0 bridgehead atoms. The number of hydrogen-bond acceptors (Lipinski definition) is 4. The zero-order chi connectivity index (χ0) is 8.60. The molecule has 0 amide bonds. The lowest BCUT2D eigenvalue weighted by atomic mass is 9.99. The molecule has 0 aromatic rings. The van der Waals surface area contributed by atoms with Gasteiger partial charge in [-0.2, -0.15) is 0 Å². The highest BCUT2D eigenvalue weighted by Crippen LogP contribution is 2.33. The fraction of sp³-hybridized carbons (Fsp3) is 0.875. The van der Waals surface area contributed by atoms with E-state index in [-0.39, 0.29) is 11.9 Å². The summed E-state index contributed by atoms with van der Waals surface area (Å²) in [6.45, 7) is 3.43. The van der Waals surface area contributed by atoms with Gasteiger partial charge in [0, 0.05) is 6.42 Å². The fourth-order valence-electron chi connectivity index (χ4n) is 1.70. The number of rotatable bonds is 1. The van der Waals surface area contributed by atoms with Gasteiger partial charge in [0.15, 0.2) is 5.79 Å². The van der Waals surface area contributed by atoms with Gasteiger partial charge in [-0.1, -0.05) is 0 Å². The van der Waals surface area contributed by atoms with Gasteiger partial charge in [-0.05, 0) is 6.92 Å². The highest BCUT2D eigenvalue weighted by atomic mass is 16.7. The van der Waals surface area contributed by atoms with Crippen LogP contribution in [0.25, 0.3) is 0 Å². The minimum absolute atomic E-state index is 0.195. The molecular weight excluding hydrogens is 160 g/mol. The van der Waals surface area contributed by atoms with Crippen LogP contribution < -0.4 is 0 Å². The Labute approximate surface area is 70.8 Å². The highest BCUT2D eigenvalue weighted by molar-refractivity contribution is 5.75. The normalized spacial score (nSPS) is 33.8. The number of cyclic esters (lactones) is 1. The Morgan fingerprint density at radius 1 is 1.33 bits per heavy atom. The molecule has 4 nitrogen and oxygen atoms in total. The van der Waals surface area contributed by atoms with E-state index >= 15 is 0 Å². The van der Waals surface area contributed by atoms with Gasteiger partial charge >= 0.3 is 5.97 Å². The predicted molar refractivity (Wildman–Crippen MR) is 39.4 cm³/mol. The molecule has 0 radical (unpaired) electrons. The van der Waals surface area contributed by atoms with Crippen LogP contribution in [0.3, 0.4) is 0 Å². The first-order valence-electron chi connectivity index (χ1n) is 4.17. The van der Waals surface area contributed by atoms with Gasteiger partial charge in [0.2, 0.25) is 0 Å². The average Bonchev–Trinajstić information content (AvgIpc) is 2.59. The highest BCUT2D eigenvalue weighted by Gasteiger charge is 2.47. The monoisotopic (exact) mass is 172 g/mol. The molecule has 2 heterocycles. The Hall–Kier alpha value is -0.610. The first-order chi connectivity index (χ1) is 5.72. The van der Waals surface area contributed by atoms with E-state index in [1.54, 1.807) is 6.92 Å². The number of esters is 1. The molecule has 1 atom stereocenters. The van der Waals surface area contributed by atoms with E-state index in [2.05, 4.69) is 0 Å². The van der Waals surface area contributed by atoms with Crippen molar-refractivity contribution >= 4 is 5.97 Å². The summed E-state index contributed by atoms with van der Waals surface area (Å²) in [5.74, 6) is -1.16. The van der Waals surface area contributed by atoms with Crippen LogP contribution in [0.4, 0.5) is 0 Å². The third-order valence-corrected chi connectivity index (χ3v) is 2.43. The van der Waals surface area contributed by atoms with Crippen molar-refractivity contribution in [3.05, 3.63) is 0 Å². The molecular formula is C8H12O4. The Morgan fingerprint density at radius 3 is 2.50 bits per heavy atom. The van der Waals surface area contributed by atoms with Gasteiger partial charge in [0.05, 0.1) is 19.8 Å². The molecule has 2 fully saturated rings. The molecule has 0 aromatic heterocycles. The zero-order valence-corrected chi connectivity index (χ0v) is 7.04. The quantitative estimate of drug-likeness (QED) is 0.534. The molecule has 2 saturated heterocycles. The lowest BCUT2D eigenvalue weighted by molar-refractivity contribution is -0.189. The van der Waals surface area contributed by atoms with Crippen LogP contribution in [0.1, 0.15) is 13.3 Å². The number of carbonyl (C=O) groups is 1. The van der Waals surface area contributed by atoms with Gasteiger partial charge in [0.1, 0.15) is 5.92 Å². The SMILES string of the molecule is CC1([C@@H]2CCOC2=O)OCCO1. The molecule has 0 saturated carbocycles. The van der Waals surface area contributed by atoms with Crippen molar-refractivity contribution < 1.29 is 19.0 Å². The van der Waals surface area contributed by atoms with E-state index in [9.17, 15) is 4.79 Å². The molecule has 68 valence electrons. The summed E-state index contributed by atoms with van der Waals surface area (Å²) in [4.78, 5) is 11.2. The Morgan fingerprint density at radius 2 is 2.00 bits per heavy atom. The molecule has 12 heavy (non-hydrogen) atoms. The molecule has 0 aromatic carbocycles. The summed E-state index contributed by atoms with van der Waals surface area (Å²) in [5.41, 5.74) is 0. The second-order valence-electron chi connectivity index (χ2n) is 3.22. The third-order valence-electron chi connectivity index (χ3n) is 2.43. The fourth-order valence-corrected chi connectivity index (χ4v) is 1.70. The van der Waals surface area contributed by atoms with Crippen LogP contribution in [-0.2, 0) is 19.0 Å². The van der Waals surface area contributed by atoms with Gasteiger partial charge in [-0.3, -0.25) is 4.79 Å². The molecule has 2 rings (SSSR count). The Balaban J connectivity index is 2.11. The largest absolute Gasteiger partial charge is 0.465 e. The number of hydrogen-bond donors (Lipinski definition) is 0. The van der Waals surface area contributed by atoms with E-state index in [0.717, 1.165) is 0 Å². The van der Waals surface area contributed by atoms with Crippen molar-refractivity contribution in [3.63, 3.8) is 0 Å². The van der Waals surface area contributed by atoms with Crippen LogP contribution in [0.5, 0.6) is 0 Å². The van der Waals surface area contributed by atoms with E-state index in [1.165, 1.54) is 0 Å². The lowest BCUT2D eigenvalue weighted by Crippen LogP contribution is -2.38. The van der Waals surface area contributed by atoms with Crippen molar-refractivity contribution in [2.45, 2.75) is 19.1 Å². The minimum Gasteiger partial charge on any atom is -0.465 e. The zero-order valence-electron chi connectivity index (χ0n) is 7.04. The molecule has 4 heteroatoms. The van der Waals surface area contributed by atoms with Gasteiger partial charge in [-0.25, -0.2) is 0 Å². The summed E-state index contributed by atoms with van der Waals surface area (Å²) in [6, 6.07) is 0. The summed E-state index contributed by atoms with van der Waals surface area (Å²) in [6.07, 6.45) is 0.704. The maximum atomic E-state index is 11.2. The minimum atomic E-state index is -0.729. The van der Waals surface area contributed by atoms with Crippen molar-refractivity contribution in [2.24, 2.45) is 5.92 Å². The van der Waals surface area contributed by atoms with Crippen molar-refractivity contribution in [2.75, 3.05) is 19.8 Å². The summed E-state index contributed by atoms with van der Waals surface area (Å²) in [7, 11) is 0. The summed E-state index contributed by atoms with van der Waals surface area (Å²) in [5, 5.41) is 0. The van der Waals surface area contributed by atoms with Crippen LogP contribution in [0, 0.1) is 5.92 Å². The Kier molecular flexibility index (Phi) is 1.81. The van der Waals surface area contributed by atoms with Crippen LogP contribution >= 0.6 is 0 Å². The first-order valence-corrected chi connectivity index (χ1v) is 4.17. The predicted octanol–water partition coefficient (Wildman–Crippen LogP) is 0.312. The van der Waals surface area contributed by atoms with Gasteiger partial charge < -0.3 is 14.2 Å². The maximum Gasteiger partial charge on any atom is 0.314 e. The van der Waals surface area contributed by atoms with Gasteiger partial charge in [0.25, 0.3) is 0 Å². The van der Waals surface area contributed by atoms with Crippen molar-refractivity contribution in [1.29, 1.82) is 0 Å². The topological polar surface area (TPSA) is 44.8 Å². The van der Waals surface area contributed by atoms with Crippen LogP contribution in [0.2, 0.25) is 0 Å². The summed E-state index contributed by atoms with van der Waals surface area (Å²) >= 11 is 0. The van der Waals surface area contributed by atoms with E-state index in [4.69, 9.17) is 14.2 Å². The molecule has 0 spiro atoms. The molecule has 2 aliphatic heterocycles. The Bertz CT molecular complexity index is 195. The van der Waals surface area contributed by atoms with Crippen LogP contribution in [-0.4, -0.2) is 31.6 Å². The summed E-state index contributed by atoms with van der Waals surface area (Å²) < 4.78 is 15.6. The number of carbonyl (C=O) groups excluding carboxylic acids is 1. The molecule has 2 aliphatic rings. The maximum absolute atomic E-state index is 11.2. The molecule has 0 unspecified atom stereocenters. The van der Waals surface area contributed by atoms with Crippen molar-refractivity contribution in [1.82, 2.24) is 0 Å². The third kappa shape index (κ3) is 1.11. The standard InChI is InChI=1S/C8H12O4/c1-8(11-4-5-12-8)6-2-3-10-7(6)9/h6H,2-5H2,1H3/t6-/m1/s1. The smallest absolute Gasteiger partial charge is 0.314 e. The molecule has 0 N–H and O–H groups in total. The average molecular weight is 172 g/mol. The first kappa shape index (κ1) is 8.01. The molecule has 0 aliphatic carbocycles. The van der Waals surface area contributed by atoms with Gasteiger partial charge in [-0.15, -0.1) is 0 Å². The van der Waals surface area contributed by atoms with Crippen molar-refractivity contribution in [3.8, 4) is 0 Å². The second kappa shape index (κ2) is 2.71. The lowest BCUT2D eigenvalue weighted by Gasteiger charge is -2.25. The van der Waals surface area contributed by atoms with Crippen LogP contribution in [0.15, 0.2) is 0 Å². The number of ether oxygens (including phenoxy) is 3. The second-order valence-corrected chi connectivity index (χ2v) is 3.22. The van der Waals surface area contributed by atoms with E-state index in [1.807, 2.05) is 0 Å². The van der Waals surface area contributed by atoms with E-state index in [0.29, 0.717) is 26.2 Å². The van der Waals surface area contributed by atoms with E-state index < -0.39 is 5.79 Å².